The predicted octanol–water partition coefficient (Wildman–Crippen LogP) is 9.04. The van der Waals surface area contributed by atoms with Gasteiger partial charge in [0.2, 0.25) is 0 Å². The summed E-state index contributed by atoms with van der Waals surface area (Å²) in [6.45, 7) is 1.70. The van der Waals surface area contributed by atoms with E-state index in [0.717, 1.165) is 31.2 Å². The number of esters is 1. The normalized spacial score (nSPS) is 16.8. The zero-order valence-electron chi connectivity index (χ0n) is 24.7. The number of aryl methyl sites for hydroxylation is 1. The summed E-state index contributed by atoms with van der Waals surface area (Å²) in [6.07, 6.45) is -1.63. The summed E-state index contributed by atoms with van der Waals surface area (Å²) in [7, 11) is 0. The van der Waals surface area contributed by atoms with Crippen LogP contribution in [0.15, 0.2) is 78.9 Å². The van der Waals surface area contributed by atoms with Gasteiger partial charge in [-0.3, -0.25) is 0 Å². The van der Waals surface area contributed by atoms with Gasteiger partial charge in [0.1, 0.15) is 17.7 Å². The zero-order valence-corrected chi connectivity index (χ0v) is 24.7. The molecule has 4 aromatic carbocycles. The standard InChI is InChI=1S/C35H30F6O5/c1-2-3-4-5-21-6-13-25(14-7-21)35(40,41)46-27-19-43-34(44-20-27)24-12-15-28(29(36)16-24)22-8-10-23(11-9-22)33(42)45-26-17-30(37)32(39)31(38)18-26/h6-18,27,34H,2-5,19-20H2,1H3. The highest BCUT2D eigenvalue weighted by Crippen LogP contribution is 2.35. The molecule has 0 bridgehead atoms. The maximum atomic E-state index is 15.1. The Bertz CT molecular complexity index is 1630. The molecule has 1 fully saturated rings. The number of carbonyl (C=O) groups is 1. The molecule has 0 atom stereocenters. The maximum absolute atomic E-state index is 15.1. The van der Waals surface area contributed by atoms with E-state index in [0.29, 0.717) is 23.3 Å². The average molecular weight is 645 g/mol. The Balaban J connectivity index is 1.15. The van der Waals surface area contributed by atoms with E-state index in [1.165, 1.54) is 48.5 Å². The lowest BCUT2D eigenvalue weighted by Crippen LogP contribution is -2.38. The Morgan fingerprint density at radius 3 is 2.09 bits per heavy atom. The number of halogens is 6. The third-order valence-electron chi connectivity index (χ3n) is 7.41. The minimum absolute atomic E-state index is 0.00306. The van der Waals surface area contributed by atoms with E-state index in [9.17, 15) is 26.7 Å². The molecule has 1 aliphatic heterocycles. The third-order valence-corrected chi connectivity index (χ3v) is 7.41. The molecular formula is C35H30F6O5. The lowest BCUT2D eigenvalue weighted by molar-refractivity contribution is -0.320. The van der Waals surface area contributed by atoms with Crippen molar-refractivity contribution in [2.24, 2.45) is 0 Å². The molecule has 0 aromatic heterocycles. The Morgan fingerprint density at radius 1 is 0.826 bits per heavy atom. The second kappa shape index (κ2) is 14.5. The molecule has 0 N–H and O–H groups in total. The van der Waals surface area contributed by atoms with Crippen LogP contribution in [0, 0.1) is 23.3 Å². The van der Waals surface area contributed by atoms with Crippen molar-refractivity contribution in [2.45, 2.75) is 51.1 Å². The van der Waals surface area contributed by atoms with Gasteiger partial charge in [0.05, 0.1) is 24.3 Å². The molecule has 1 saturated heterocycles. The van der Waals surface area contributed by atoms with Crippen LogP contribution in [0.1, 0.15) is 59.5 Å². The van der Waals surface area contributed by atoms with Crippen LogP contribution in [0.3, 0.4) is 0 Å². The zero-order chi connectivity index (χ0) is 32.8. The van der Waals surface area contributed by atoms with Crippen LogP contribution in [0.5, 0.6) is 5.75 Å². The highest BCUT2D eigenvalue weighted by Gasteiger charge is 2.38. The second-order valence-electron chi connectivity index (χ2n) is 10.8. The summed E-state index contributed by atoms with van der Waals surface area (Å²) in [6, 6.07) is 16.9. The van der Waals surface area contributed by atoms with Gasteiger partial charge < -0.3 is 18.9 Å². The monoisotopic (exact) mass is 644 g/mol. The fourth-order valence-electron chi connectivity index (χ4n) is 4.92. The van der Waals surface area contributed by atoms with Crippen molar-refractivity contribution in [3.63, 3.8) is 0 Å². The number of alkyl halides is 2. The molecule has 46 heavy (non-hydrogen) atoms. The van der Waals surface area contributed by atoms with Gasteiger partial charge in [-0.25, -0.2) is 22.4 Å². The summed E-state index contributed by atoms with van der Waals surface area (Å²) in [5, 5.41) is 0. The maximum Gasteiger partial charge on any atom is 0.383 e. The quantitative estimate of drug-likeness (QED) is 0.0536. The Labute approximate surface area is 261 Å². The predicted molar refractivity (Wildman–Crippen MR) is 156 cm³/mol. The first kappa shape index (κ1) is 33.2. The van der Waals surface area contributed by atoms with E-state index in [-0.39, 0.29) is 29.9 Å². The average Bonchev–Trinajstić information content (AvgIpc) is 3.04. The molecule has 0 aliphatic carbocycles. The van der Waals surface area contributed by atoms with Crippen LogP contribution in [-0.4, -0.2) is 25.3 Å². The molecule has 0 amide bonds. The summed E-state index contributed by atoms with van der Waals surface area (Å²) in [4.78, 5) is 12.4. The van der Waals surface area contributed by atoms with Gasteiger partial charge in [0.15, 0.2) is 23.7 Å². The minimum Gasteiger partial charge on any atom is -0.423 e. The van der Waals surface area contributed by atoms with Crippen LogP contribution in [-0.2, 0) is 26.7 Å². The lowest BCUT2D eigenvalue weighted by Gasteiger charge is -2.32. The Morgan fingerprint density at radius 2 is 1.48 bits per heavy atom. The summed E-state index contributed by atoms with van der Waals surface area (Å²) >= 11 is 0. The summed E-state index contributed by atoms with van der Waals surface area (Å²) in [5.41, 5.74) is 1.61. The van der Waals surface area contributed by atoms with Gasteiger partial charge in [-0.05, 0) is 42.2 Å². The number of ether oxygens (including phenoxy) is 4. The van der Waals surface area contributed by atoms with Gasteiger partial charge in [0, 0.05) is 23.3 Å². The van der Waals surface area contributed by atoms with Gasteiger partial charge in [-0.1, -0.05) is 68.3 Å². The summed E-state index contributed by atoms with van der Waals surface area (Å²) in [5.74, 6) is -6.83. The molecular weight excluding hydrogens is 614 g/mol. The first-order chi connectivity index (χ1) is 22.0. The van der Waals surface area contributed by atoms with Crippen molar-refractivity contribution < 1.29 is 50.1 Å². The molecule has 5 rings (SSSR count). The van der Waals surface area contributed by atoms with Gasteiger partial charge >= 0.3 is 12.1 Å². The number of hydrogen-bond donors (Lipinski definition) is 0. The van der Waals surface area contributed by atoms with E-state index in [1.807, 2.05) is 0 Å². The van der Waals surface area contributed by atoms with Gasteiger partial charge in [0.25, 0.3) is 0 Å². The van der Waals surface area contributed by atoms with Crippen LogP contribution >= 0.6 is 0 Å². The Hall–Kier alpha value is -4.19. The van der Waals surface area contributed by atoms with Gasteiger partial charge in [-0.2, -0.15) is 8.78 Å². The largest absolute Gasteiger partial charge is 0.423 e. The van der Waals surface area contributed by atoms with E-state index in [1.54, 1.807) is 18.2 Å². The van der Waals surface area contributed by atoms with Crippen LogP contribution < -0.4 is 4.74 Å². The second-order valence-corrected chi connectivity index (χ2v) is 10.8. The van der Waals surface area contributed by atoms with Crippen molar-refractivity contribution in [1.82, 2.24) is 0 Å². The molecule has 4 aromatic rings. The van der Waals surface area contributed by atoms with Crippen LogP contribution in [0.4, 0.5) is 26.3 Å². The molecule has 0 spiro atoms. The molecule has 0 radical (unpaired) electrons. The fraction of sp³-hybridized carbons (Fsp3) is 0.286. The molecule has 242 valence electrons. The van der Waals surface area contributed by atoms with E-state index >= 15 is 4.39 Å². The first-order valence-corrected chi connectivity index (χ1v) is 14.7. The minimum atomic E-state index is -3.55. The summed E-state index contributed by atoms with van der Waals surface area (Å²) < 4.78 is 106. The molecule has 5 nitrogen and oxygen atoms in total. The molecule has 11 heteroatoms. The van der Waals surface area contributed by atoms with Gasteiger partial charge in [-0.15, -0.1) is 0 Å². The van der Waals surface area contributed by atoms with Crippen molar-refractivity contribution in [3.8, 4) is 16.9 Å². The number of hydrogen-bond acceptors (Lipinski definition) is 5. The molecule has 1 heterocycles. The van der Waals surface area contributed by atoms with Crippen molar-refractivity contribution >= 4 is 5.97 Å². The van der Waals surface area contributed by atoms with Crippen molar-refractivity contribution in [2.75, 3.05) is 13.2 Å². The SMILES string of the molecule is CCCCCc1ccc(C(F)(F)OC2COC(c3ccc(-c4ccc(C(=O)Oc5cc(F)c(F)c(F)c5)cc4)c(F)c3)OC2)cc1. The Kier molecular flexibility index (Phi) is 10.5. The third kappa shape index (κ3) is 7.96. The van der Waals surface area contributed by atoms with E-state index in [4.69, 9.17) is 18.9 Å². The smallest absolute Gasteiger partial charge is 0.383 e. The lowest BCUT2D eigenvalue weighted by atomic mass is 10.0. The van der Waals surface area contributed by atoms with E-state index < -0.39 is 53.5 Å². The van der Waals surface area contributed by atoms with Crippen LogP contribution in [0.2, 0.25) is 0 Å². The van der Waals surface area contributed by atoms with E-state index in [2.05, 4.69) is 6.92 Å². The van der Waals surface area contributed by atoms with Crippen molar-refractivity contribution in [1.29, 1.82) is 0 Å². The number of carbonyl (C=O) groups excluding carboxylic acids is 1. The topological polar surface area (TPSA) is 54.0 Å². The highest BCUT2D eigenvalue weighted by atomic mass is 19.3. The number of benzene rings is 4. The van der Waals surface area contributed by atoms with Crippen molar-refractivity contribution in [3.05, 3.63) is 124 Å². The number of rotatable bonds is 11. The number of unbranched alkanes of at least 4 members (excludes halogenated alkanes) is 2. The fourth-order valence-corrected chi connectivity index (χ4v) is 4.92. The molecule has 1 aliphatic rings. The molecule has 0 saturated carbocycles. The highest BCUT2D eigenvalue weighted by molar-refractivity contribution is 5.91. The first-order valence-electron chi connectivity index (χ1n) is 14.7. The van der Waals surface area contributed by atoms with Crippen LogP contribution in [0.25, 0.3) is 11.1 Å². The molecule has 0 unspecified atom stereocenters.